The van der Waals surface area contributed by atoms with E-state index in [1.54, 1.807) is 0 Å². The second-order valence-corrected chi connectivity index (χ2v) is 12.1. The van der Waals surface area contributed by atoms with Gasteiger partial charge in [0.2, 0.25) is 0 Å². The molecule has 9 nitrogen and oxygen atoms in total. The van der Waals surface area contributed by atoms with Gasteiger partial charge in [-0.15, -0.1) is 0 Å². The molecule has 6 rings (SSSR count). The Hall–Kier alpha value is -3.24. The second-order valence-electron chi connectivity index (χ2n) is 12.1. The minimum Gasteiger partial charge on any atom is -0.367 e. The summed E-state index contributed by atoms with van der Waals surface area (Å²) in [5, 5.41) is 18.0. The van der Waals surface area contributed by atoms with Gasteiger partial charge < -0.3 is 15.2 Å². The molecular weight excluding hydrogens is 555 g/mol. The molecule has 5 heterocycles. The number of rotatable bonds is 8. The van der Waals surface area contributed by atoms with E-state index >= 15 is 0 Å². The van der Waals surface area contributed by atoms with E-state index in [4.69, 9.17) is 0 Å². The highest BCUT2D eigenvalue weighted by Crippen LogP contribution is 2.29. The number of nitriles is 1. The number of aromatic nitrogens is 3. The molecule has 3 aliphatic heterocycles. The molecule has 43 heavy (non-hydrogen) atoms. The van der Waals surface area contributed by atoms with Crippen molar-refractivity contribution in [2.24, 2.45) is 0 Å². The van der Waals surface area contributed by atoms with E-state index in [0.29, 0.717) is 18.7 Å². The number of alkyl halides is 3. The summed E-state index contributed by atoms with van der Waals surface area (Å²) >= 11 is 0. The van der Waals surface area contributed by atoms with Crippen LogP contribution < -0.4 is 10.6 Å². The fourth-order valence-corrected chi connectivity index (χ4v) is 6.79. The number of piperidine rings is 1. The molecule has 0 bridgehead atoms. The van der Waals surface area contributed by atoms with Crippen LogP contribution in [0.25, 0.3) is 10.9 Å². The first-order valence-electron chi connectivity index (χ1n) is 15.3. The number of hydrogen-bond acceptors (Lipinski definition) is 8. The van der Waals surface area contributed by atoms with E-state index in [0.717, 1.165) is 99.7 Å². The van der Waals surface area contributed by atoms with Gasteiger partial charge in [0, 0.05) is 94.5 Å². The number of fused-ring (bicyclic) bond motifs is 2. The highest BCUT2D eigenvalue weighted by Gasteiger charge is 2.33. The Morgan fingerprint density at radius 1 is 1.02 bits per heavy atom. The van der Waals surface area contributed by atoms with Crippen molar-refractivity contribution < 1.29 is 13.2 Å². The van der Waals surface area contributed by atoms with Crippen molar-refractivity contribution in [3.8, 4) is 6.07 Å². The number of benzene rings is 1. The van der Waals surface area contributed by atoms with Crippen LogP contribution >= 0.6 is 0 Å². The van der Waals surface area contributed by atoms with Gasteiger partial charge in [0.1, 0.15) is 23.9 Å². The summed E-state index contributed by atoms with van der Waals surface area (Å²) in [4.78, 5) is 15.1. The van der Waals surface area contributed by atoms with E-state index in [1.807, 2.05) is 6.07 Å². The first kappa shape index (κ1) is 29.8. The molecule has 2 saturated heterocycles. The predicted octanol–water partition coefficient (Wildman–Crippen LogP) is 3.51. The van der Waals surface area contributed by atoms with Crippen LogP contribution in [0.15, 0.2) is 24.5 Å². The minimum atomic E-state index is -4.21. The van der Waals surface area contributed by atoms with Crippen LogP contribution in [0.2, 0.25) is 0 Å². The van der Waals surface area contributed by atoms with Gasteiger partial charge in [-0.25, -0.2) is 9.97 Å². The second kappa shape index (κ2) is 12.8. The van der Waals surface area contributed by atoms with Gasteiger partial charge in [-0.1, -0.05) is 6.07 Å². The molecule has 230 valence electrons. The Balaban J connectivity index is 1.06. The maximum absolute atomic E-state index is 12.9. The molecule has 1 aromatic carbocycles. The Morgan fingerprint density at radius 2 is 1.81 bits per heavy atom. The fourth-order valence-electron chi connectivity index (χ4n) is 6.79. The molecule has 0 spiro atoms. The molecule has 3 aliphatic rings. The van der Waals surface area contributed by atoms with Crippen LogP contribution in [0.5, 0.6) is 0 Å². The average Bonchev–Trinajstić information content (AvgIpc) is 3.36. The lowest BCUT2D eigenvalue weighted by Crippen LogP contribution is -2.44. The van der Waals surface area contributed by atoms with Crippen molar-refractivity contribution >= 4 is 16.7 Å². The zero-order chi connectivity index (χ0) is 30.0. The lowest BCUT2D eigenvalue weighted by Gasteiger charge is -2.34. The smallest absolute Gasteiger partial charge is 0.367 e. The number of nitrogens with zero attached hydrogens (tertiary/aromatic N) is 7. The third-order valence-corrected chi connectivity index (χ3v) is 9.24. The SMILES string of the molecule is Cc1c(CN2CCC(Nc3ncnc4c3CCN(CC(F)(F)F)C4)CC2)ccc2c1cc(C#N)n2CCN1CCNCC1. The lowest BCUT2D eigenvalue weighted by molar-refractivity contribution is -0.147. The molecular formula is C31H40F3N9. The largest absolute Gasteiger partial charge is 0.401 e. The van der Waals surface area contributed by atoms with Gasteiger partial charge in [0.25, 0.3) is 0 Å². The maximum atomic E-state index is 12.9. The van der Waals surface area contributed by atoms with Gasteiger partial charge >= 0.3 is 6.18 Å². The van der Waals surface area contributed by atoms with Gasteiger partial charge in [0.05, 0.1) is 12.2 Å². The molecule has 2 aromatic heterocycles. The van der Waals surface area contributed by atoms with Crippen molar-refractivity contribution in [1.29, 1.82) is 5.26 Å². The molecule has 2 fully saturated rings. The predicted molar refractivity (Wildman–Crippen MR) is 160 cm³/mol. The Kier molecular flexibility index (Phi) is 8.86. The van der Waals surface area contributed by atoms with E-state index in [1.165, 1.54) is 22.4 Å². The van der Waals surface area contributed by atoms with Crippen LogP contribution in [0.3, 0.4) is 0 Å². The van der Waals surface area contributed by atoms with Gasteiger partial charge in [-0.05, 0) is 49.4 Å². The molecule has 0 unspecified atom stereocenters. The van der Waals surface area contributed by atoms with Crippen molar-refractivity contribution in [1.82, 2.24) is 34.6 Å². The molecule has 2 N–H and O–H groups in total. The van der Waals surface area contributed by atoms with Crippen molar-refractivity contribution in [2.75, 3.05) is 64.2 Å². The number of hydrogen-bond donors (Lipinski definition) is 2. The molecule has 0 atom stereocenters. The van der Waals surface area contributed by atoms with Crippen LogP contribution in [0, 0.1) is 18.3 Å². The molecule has 0 radical (unpaired) electrons. The van der Waals surface area contributed by atoms with Gasteiger partial charge in [-0.2, -0.15) is 18.4 Å². The summed E-state index contributed by atoms with van der Waals surface area (Å²) in [6, 6.07) is 9.12. The number of halogens is 3. The standard InChI is InChI=1S/C31H40F3N9/c1-22-23(2-3-29-27(22)16-25(17-35)43(29)15-14-40-12-7-36-8-13-40)18-41-9-4-24(5-10-41)39-30-26-6-11-42(20-31(32,33)34)19-28(26)37-21-38-30/h2-3,16,21,24,36H,4-15,18-20H2,1H3,(H,37,38,39). The van der Waals surface area contributed by atoms with E-state index in [9.17, 15) is 18.4 Å². The molecule has 0 amide bonds. The van der Waals surface area contributed by atoms with Crippen LogP contribution in [-0.4, -0.2) is 100 Å². The number of piperazine rings is 1. The quantitative estimate of drug-likeness (QED) is 0.409. The summed E-state index contributed by atoms with van der Waals surface area (Å²) in [5.41, 5.74) is 6.01. The van der Waals surface area contributed by atoms with Crippen molar-refractivity contribution in [2.45, 2.75) is 58.0 Å². The van der Waals surface area contributed by atoms with Crippen LogP contribution in [0.4, 0.5) is 19.0 Å². The normalized spacial score (nSPS) is 19.4. The average molecular weight is 596 g/mol. The molecule has 0 aliphatic carbocycles. The summed E-state index contributed by atoms with van der Waals surface area (Å²) in [5.74, 6) is 0.770. The molecule has 3 aromatic rings. The highest BCUT2D eigenvalue weighted by molar-refractivity contribution is 5.86. The number of aryl methyl sites for hydroxylation is 1. The van der Waals surface area contributed by atoms with Gasteiger partial charge in [-0.3, -0.25) is 14.7 Å². The summed E-state index contributed by atoms with van der Waals surface area (Å²) < 4.78 is 40.8. The molecule has 0 saturated carbocycles. The lowest BCUT2D eigenvalue weighted by atomic mass is 10.00. The maximum Gasteiger partial charge on any atom is 0.401 e. The topological polar surface area (TPSA) is 88.3 Å². The van der Waals surface area contributed by atoms with Crippen molar-refractivity contribution in [3.05, 3.63) is 52.6 Å². The minimum absolute atomic E-state index is 0.198. The third-order valence-electron chi connectivity index (χ3n) is 9.24. The summed E-state index contributed by atoms with van der Waals surface area (Å²) in [7, 11) is 0. The summed E-state index contributed by atoms with van der Waals surface area (Å²) in [6.07, 6.45) is -0.315. The summed E-state index contributed by atoms with van der Waals surface area (Å²) in [6.45, 7) is 10.4. The van der Waals surface area contributed by atoms with Crippen molar-refractivity contribution in [3.63, 3.8) is 0 Å². The zero-order valence-corrected chi connectivity index (χ0v) is 24.8. The number of likely N-dealkylation sites (tertiary alicyclic amines) is 1. The monoisotopic (exact) mass is 595 g/mol. The third kappa shape index (κ3) is 6.96. The molecule has 12 heteroatoms. The van der Waals surface area contributed by atoms with Crippen LogP contribution in [0.1, 0.15) is 40.9 Å². The zero-order valence-electron chi connectivity index (χ0n) is 24.8. The van der Waals surface area contributed by atoms with E-state index in [2.05, 4.69) is 60.1 Å². The fraction of sp³-hybridized carbons (Fsp3) is 0.581. The number of nitrogens with one attached hydrogen (secondary N) is 2. The highest BCUT2D eigenvalue weighted by atomic mass is 19.4. The van der Waals surface area contributed by atoms with E-state index in [-0.39, 0.29) is 12.6 Å². The van der Waals surface area contributed by atoms with Gasteiger partial charge in [0.15, 0.2) is 0 Å². The Labute approximate surface area is 250 Å². The Morgan fingerprint density at radius 3 is 2.56 bits per heavy atom. The first-order valence-corrected chi connectivity index (χ1v) is 15.3. The van der Waals surface area contributed by atoms with Crippen LogP contribution in [-0.2, 0) is 26.1 Å². The Bertz CT molecular complexity index is 1460. The first-order chi connectivity index (χ1) is 20.8. The number of anilines is 1. The van der Waals surface area contributed by atoms with E-state index < -0.39 is 12.7 Å².